The lowest BCUT2D eigenvalue weighted by atomic mass is 10.1. The average molecular weight is 1130 g/mol. The van der Waals surface area contributed by atoms with Crippen molar-refractivity contribution in [3.05, 3.63) is 170 Å². The Morgan fingerprint density at radius 1 is 0.256 bits per heavy atom. The van der Waals surface area contributed by atoms with Gasteiger partial charge in [0.2, 0.25) is 0 Å². The topological polar surface area (TPSA) is 78.9 Å². The molecule has 0 aromatic carbocycles. The van der Waals surface area contributed by atoms with Gasteiger partial charge in [-0.3, -0.25) is 14.4 Å². The first-order valence-electron chi connectivity index (χ1n) is 33.1. The van der Waals surface area contributed by atoms with Gasteiger partial charge in [-0.1, -0.05) is 287 Å². The maximum absolute atomic E-state index is 12.9. The van der Waals surface area contributed by atoms with E-state index < -0.39 is 6.10 Å². The smallest absolute Gasteiger partial charge is 0.306 e. The van der Waals surface area contributed by atoms with Crippen molar-refractivity contribution in [2.75, 3.05) is 13.2 Å². The second-order valence-electron chi connectivity index (χ2n) is 21.3. The lowest BCUT2D eigenvalue weighted by molar-refractivity contribution is -0.167. The quantitative estimate of drug-likeness (QED) is 0.0261. The third-order valence-corrected chi connectivity index (χ3v) is 13.5. The van der Waals surface area contributed by atoms with Gasteiger partial charge in [-0.15, -0.1) is 0 Å². The summed E-state index contributed by atoms with van der Waals surface area (Å²) in [4.78, 5) is 38.2. The van der Waals surface area contributed by atoms with Gasteiger partial charge in [0.1, 0.15) is 13.2 Å². The number of allylic oxidation sites excluding steroid dienone is 28. The normalized spacial score (nSPS) is 13.3. The Kier molecular flexibility index (Phi) is 63.9. The standard InChI is InChI=1S/C76H120O6/c1-4-7-10-13-16-19-22-24-26-28-30-32-33-34-35-36-37-38-39-40-41-42-43-45-46-48-50-52-54-57-60-63-66-69-75(78)81-72-73(71-80-74(77)68-65-62-59-56-21-18-15-12-9-6-3)82-76(79)70-67-64-61-58-55-53-51-49-47-44-31-29-27-25-23-20-17-14-11-8-5-2/h7-8,10-11,16-17,19-20,24-27,30-32,34-35,37-38,40-41,43-45,48,50,54,57,73H,4-6,9,12-15,18,21-23,28-29,33,36,39,42,46-47,49,51-53,55-56,58-72H2,1-3H3/b10-7-,11-8-,19-16-,20-17-,26-24-,27-25-,32-30-,35-34-,38-37-,41-40-,44-31-,45-43-,50-48-,57-54-. The Labute approximate surface area is 504 Å². The molecule has 0 aromatic rings. The van der Waals surface area contributed by atoms with Gasteiger partial charge >= 0.3 is 17.9 Å². The molecule has 0 saturated heterocycles. The minimum atomic E-state index is -0.808. The summed E-state index contributed by atoms with van der Waals surface area (Å²) >= 11 is 0. The van der Waals surface area contributed by atoms with E-state index in [1.165, 1.54) is 77.0 Å². The molecule has 0 aromatic heterocycles. The molecule has 6 heteroatoms. The molecule has 82 heavy (non-hydrogen) atoms. The predicted octanol–water partition coefficient (Wildman–Crippen LogP) is 23.0. The summed E-state index contributed by atoms with van der Waals surface area (Å²) in [6, 6.07) is 0. The number of hydrogen-bond acceptors (Lipinski definition) is 6. The highest BCUT2D eigenvalue weighted by Crippen LogP contribution is 2.15. The van der Waals surface area contributed by atoms with Crippen LogP contribution < -0.4 is 0 Å². The minimum absolute atomic E-state index is 0.100. The summed E-state index contributed by atoms with van der Waals surface area (Å²) in [7, 11) is 0. The highest BCUT2D eigenvalue weighted by Gasteiger charge is 2.19. The summed E-state index contributed by atoms with van der Waals surface area (Å²) in [5, 5.41) is 0. The van der Waals surface area contributed by atoms with Crippen LogP contribution in [0, 0.1) is 0 Å². The van der Waals surface area contributed by atoms with Crippen LogP contribution in [0.4, 0.5) is 0 Å². The van der Waals surface area contributed by atoms with Crippen molar-refractivity contribution < 1.29 is 28.6 Å². The number of rotatable bonds is 58. The number of carbonyl (C=O) groups is 3. The molecule has 0 rings (SSSR count). The van der Waals surface area contributed by atoms with Crippen molar-refractivity contribution >= 4 is 17.9 Å². The largest absolute Gasteiger partial charge is 0.462 e. The van der Waals surface area contributed by atoms with E-state index in [4.69, 9.17) is 14.2 Å². The molecule has 0 saturated carbocycles. The molecule has 0 aliphatic heterocycles. The fourth-order valence-electron chi connectivity index (χ4n) is 8.58. The van der Waals surface area contributed by atoms with E-state index in [2.05, 4.69) is 191 Å². The molecule has 0 spiro atoms. The number of esters is 3. The molecule has 0 bridgehead atoms. The molecule has 0 radical (unpaired) electrons. The summed E-state index contributed by atoms with van der Waals surface area (Å²) in [5.41, 5.74) is 0. The van der Waals surface area contributed by atoms with Gasteiger partial charge in [-0.05, 0) is 135 Å². The monoisotopic (exact) mass is 1130 g/mol. The molecule has 0 aliphatic carbocycles. The van der Waals surface area contributed by atoms with Gasteiger partial charge in [0, 0.05) is 19.3 Å². The van der Waals surface area contributed by atoms with Gasteiger partial charge < -0.3 is 14.2 Å². The third-order valence-electron chi connectivity index (χ3n) is 13.5. The van der Waals surface area contributed by atoms with Gasteiger partial charge in [0.05, 0.1) is 0 Å². The molecule has 460 valence electrons. The predicted molar refractivity (Wildman–Crippen MR) is 357 cm³/mol. The van der Waals surface area contributed by atoms with Crippen LogP contribution in [-0.2, 0) is 28.6 Å². The van der Waals surface area contributed by atoms with Crippen LogP contribution in [0.1, 0.15) is 271 Å². The molecule has 0 N–H and O–H groups in total. The summed E-state index contributed by atoms with van der Waals surface area (Å²) in [5.74, 6) is -0.959. The van der Waals surface area contributed by atoms with E-state index in [-0.39, 0.29) is 31.1 Å². The average Bonchev–Trinajstić information content (AvgIpc) is 3.48. The number of carbonyl (C=O) groups excluding carboxylic acids is 3. The first-order chi connectivity index (χ1) is 40.5. The zero-order chi connectivity index (χ0) is 59.2. The summed E-state index contributed by atoms with van der Waals surface area (Å²) in [6.07, 6.45) is 101. The third kappa shape index (κ3) is 65.6. The van der Waals surface area contributed by atoms with Gasteiger partial charge in [0.25, 0.3) is 0 Å². The summed E-state index contributed by atoms with van der Waals surface area (Å²) < 4.78 is 16.9. The van der Waals surface area contributed by atoms with E-state index in [1.54, 1.807) is 0 Å². The Balaban J connectivity index is 4.36. The maximum Gasteiger partial charge on any atom is 0.306 e. The second kappa shape index (κ2) is 68.3. The Bertz CT molecular complexity index is 1870. The molecule has 0 amide bonds. The molecule has 0 fully saturated rings. The van der Waals surface area contributed by atoms with Crippen molar-refractivity contribution in [3.63, 3.8) is 0 Å². The van der Waals surface area contributed by atoms with Crippen LogP contribution in [0.2, 0.25) is 0 Å². The van der Waals surface area contributed by atoms with Crippen LogP contribution in [0.25, 0.3) is 0 Å². The SMILES string of the molecule is CC/C=C\C/C=C\C/C=C\C/C=C\C/C=C\C/C=C\C/C=C\C/C=C\C/C=C\C/C=C\CCCCC(=O)OCC(COC(=O)CCCCCCCCCCCC)OC(=O)CCCCCCCCCC/C=C\C/C=C\C/C=C\C/C=C\CC. The van der Waals surface area contributed by atoms with Crippen molar-refractivity contribution in [2.24, 2.45) is 0 Å². The van der Waals surface area contributed by atoms with E-state index in [0.717, 1.165) is 148 Å². The van der Waals surface area contributed by atoms with Crippen LogP contribution in [0.3, 0.4) is 0 Å². The summed E-state index contributed by atoms with van der Waals surface area (Å²) in [6.45, 7) is 6.35. The van der Waals surface area contributed by atoms with Crippen molar-refractivity contribution in [3.8, 4) is 0 Å². The van der Waals surface area contributed by atoms with E-state index >= 15 is 0 Å². The van der Waals surface area contributed by atoms with Gasteiger partial charge in [-0.2, -0.15) is 0 Å². The van der Waals surface area contributed by atoms with Crippen molar-refractivity contribution in [2.45, 2.75) is 277 Å². The maximum atomic E-state index is 12.9. The fraction of sp³-hybridized carbons (Fsp3) is 0.592. The zero-order valence-electron chi connectivity index (χ0n) is 52.7. The van der Waals surface area contributed by atoms with E-state index in [1.807, 2.05) is 0 Å². The molecule has 0 heterocycles. The van der Waals surface area contributed by atoms with Crippen LogP contribution in [0.15, 0.2) is 170 Å². The first-order valence-corrected chi connectivity index (χ1v) is 33.1. The molecule has 0 aliphatic rings. The molecule has 1 atom stereocenters. The Hall–Kier alpha value is -5.23. The molecular formula is C76H120O6. The molecule has 6 nitrogen and oxygen atoms in total. The highest BCUT2D eigenvalue weighted by molar-refractivity contribution is 5.71. The number of unbranched alkanes of at least 4 members (excludes halogenated alkanes) is 19. The Morgan fingerprint density at radius 3 is 0.768 bits per heavy atom. The minimum Gasteiger partial charge on any atom is -0.462 e. The van der Waals surface area contributed by atoms with Gasteiger partial charge in [0.15, 0.2) is 6.10 Å². The lowest BCUT2D eigenvalue weighted by Crippen LogP contribution is -2.30. The first kappa shape index (κ1) is 76.8. The lowest BCUT2D eigenvalue weighted by Gasteiger charge is -2.18. The molecular weight excluding hydrogens is 1010 g/mol. The molecule has 1 unspecified atom stereocenters. The van der Waals surface area contributed by atoms with Crippen LogP contribution >= 0.6 is 0 Å². The fourth-order valence-corrected chi connectivity index (χ4v) is 8.58. The zero-order valence-corrected chi connectivity index (χ0v) is 52.7. The van der Waals surface area contributed by atoms with Crippen molar-refractivity contribution in [1.29, 1.82) is 0 Å². The van der Waals surface area contributed by atoms with Crippen LogP contribution in [0.5, 0.6) is 0 Å². The van der Waals surface area contributed by atoms with E-state index in [9.17, 15) is 14.4 Å². The number of hydrogen-bond donors (Lipinski definition) is 0. The second-order valence-corrected chi connectivity index (χ2v) is 21.3. The number of ether oxygens (including phenoxy) is 3. The van der Waals surface area contributed by atoms with Gasteiger partial charge in [-0.25, -0.2) is 0 Å². The Morgan fingerprint density at radius 2 is 0.476 bits per heavy atom. The van der Waals surface area contributed by atoms with Crippen molar-refractivity contribution in [1.82, 2.24) is 0 Å². The van der Waals surface area contributed by atoms with E-state index in [0.29, 0.717) is 25.7 Å². The highest BCUT2D eigenvalue weighted by atomic mass is 16.6. The van der Waals surface area contributed by atoms with Crippen LogP contribution in [-0.4, -0.2) is 37.2 Å².